The first-order chi connectivity index (χ1) is 36.4. The van der Waals surface area contributed by atoms with Gasteiger partial charge in [-0.05, 0) is 44.0 Å². The summed E-state index contributed by atoms with van der Waals surface area (Å²) in [6.45, 7) is 9.88. The maximum Gasteiger partial charge on any atom is 0.335 e. The molecule has 2 aromatic carbocycles. The van der Waals surface area contributed by atoms with E-state index in [2.05, 4.69) is 63.8 Å². The van der Waals surface area contributed by atoms with Gasteiger partial charge < -0.3 is 66.4 Å². The number of carbonyl (C=O) groups is 4. The molecule has 1 aliphatic carbocycles. The van der Waals surface area contributed by atoms with Gasteiger partial charge in [-0.2, -0.15) is 0 Å². The zero-order valence-electron chi connectivity index (χ0n) is 45.1. The highest BCUT2D eigenvalue weighted by Gasteiger charge is 2.33. The number of fused-ring (bicyclic) bond motifs is 2. The summed E-state index contributed by atoms with van der Waals surface area (Å²) in [5.74, 6) is 0.674. The second-order valence-electron chi connectivity index (χ2n) is 17.9. The van der Waals surface area contributed by atoms with E-state index in [4.69, 9.17) is 56.6 Å². The molecule has 2 heterocycles. The lowest BCUT2D eigenvalue weighted by molar-refractivity contribution is -0.198. The smallest absolute Gasteiger partial charge is 0.335 e. The quantitative estimate of drug-likeness (QED) is 0.0238. The van der Waals surface area contributed by atoms with Gasteiger partial charge in [-0.25, -0.2) is 9.37 Å². The van der Waals surface area contributed by atoms with Crippen molar-refractivity contribution < 1.29 is 75.8 Å². The highest BCUT2D eigenvalue weighted by molar-refractivity contribution is 6.04. The lowest BCUT2D eigenvalue weighted by Crippen LogP contribution is -2.32. The summed E-state index contributed by atoms with van der Waals surface area (Å²) in [6, 6.07) is 16.6. The van der Waals surface area contributed by atoms with Crippen LogP contribution in [0.1, 0.15) is 51.9 Å². The van der Waals surface area contributed by atoms with Crippen molar-refractivity contribution in [2.24, 2.45) is 0 Å². The molecule has 3 aliphatic rings. The predicted octanol–water partition coefficient (Wildman–Crippen LogP) is 5.41. The third-order valence-electron chi connectivity index (χ3n) is 12.1. The lowest BCUT2D eigenvalue weighted by atomic mass is 9.92. The van der Waals surface area contributed by atoms with E-state index in [1.807, 2.05) is 34.3 Å². The molecule has 0 aromatic heterocycles. The maximum atomic E-state index is 12.9. The van der Waals surface area contributed by atoms with Gasteiger partial charge in [0.15, 0.2) is 0 Å². The number of hydroxylamine groups is 2. The van der Waals surface area contributed by atoms with Crippen LogP contribution in [0.4, 0.5) is 11.4 Å². The minimum Gasteiger partial charge on any atom is -0.496 e. The molecular formula is C55H79N4O16+. The van der Waals surface area contributed by atoms with Gasteiger partial charge in [0.2, 0.25) is 5.36 Å². The molecule has 75 heavy (non-hydrogen) atoms. The monoisotopic (exact) mass is 1050 g/mol. The molecule has 0 radical (unpaired) electrons. The van der Waals surface area contributed by atoms with Gasteiger partial charge in [-0.15, -0.1) is 5.06 Å². The Morgan fingerprint density at radius 2 is 1.15 bits per heavy atom. The van der Waals surface area contributed by atoms with Crippen LogP contribution in [0.15, 0.2) is 52.9 Å². The fourth-order valence-corrected chi connectivity index (χ4v) is 8.05. The van der Waals surface area contributed by atoms with Crippen molar-refractivity contribution >= 4 is 45.9 Å². The minimum absolute atomic E-state index is 0.0518. The van der Waals surface area contributed by atoms with Crippen LogP contribution in [0.2, 0.25) is 0 Å². The normalized spacial score (nSPS) is 12.5. The molecule has 0 N–H and O–H groups in total. The highest BCUT2D eigenvalue weighted by Crippen LogP contribution is 2.47. The number of ether oxygens (including phenoxy) is 10. The molecule has 0 spiro atoms. The number of benzene rings is 3. The van der Waals surface area contributed by atoms with E-state index in [0.29, 0.717) is 136 Å². The van der Waals surface area contributed by atoms with Crippen molar-refractivity contribution in [3.05, 3.63) is 53.9 Å². The Balaban J connectivity index is 0.854. The van der Waals surface area contributed by atoms with Crippen LogP contribution in [0, 0.1) is 0 Å². The van der Waals surface area contributed by atoms with Crippen LogP contribution in [0.5, 0.6) is 11.5 Å². The SMILES string of the molecule is CCN(CCCC(=O)CCCOCCOCCOCCOCCOCCOCCOCCOCCC(=O)ON1C(=O)CCC1=O)c1cc(OC)c(-c2c3ccc(=[N+](C)C)cc-3oc3cc(N(C)C)ccc23)cc1OC. The van der Waals surface area contributed by atoms with E-state index in [1.54, 1.807) is 14.2 Å². The Labute approximate surface area is 440 Å². The Morgan fingerprint density at radius 1 is 0.613 bits per heavy atom. The number of rotatable bonds is 39. The number of anilines is 2. The largest absolute Gasteiger partial charge is 0.496 e. The average molecular weight is 1050 g/mol. The average Bonchev–Trinajstić information content (AvgIpc) is 3.73. The number of amides is 2. The van der Waals surface area contributed by atoms with Gasteiger partial charge in [0.05, 0.1) is 131 Å². The lowest BCUT2D eigenvalue weighted by Gasteiger charge is -2.27. The summed E-state index contributed by atoms with van der Waals surface area (Å²) in [7, 11) is 11.4. The number of carbonyl (C=O) groups excluding carboxylic acids is 4. The van der Waals surface area contributed by atoms with E-state index in [0.717, 1.165) is 62.4 Å². The molecule has 2 aliphatic heterocycles. The molecule has 1 fully saturated rings. The van der Waals surface area contributed by atoms with Gasteiger partial charge in [0.25, 0.3) is 11.8 Å². The summed E-state index contributed by atoms with van der Waals surface area (Å²) in [5.41, 5.74) is 5.57. The van der Waals surface area contributed by atoms with Crippen LogP contribution in [-0.4, -0.2) is 190 Å². The zero-order valence-corrected chi connectivity index (χ0v) is 45.1. The predicted molar refractivity (Wildman–Crippen MR) is 283 cm³/mol. The van der Waals surface area contributed by atoms with Gasteiger partial charge in [-0.1, -0.05) is 0 Å². The highest BCUT2D eigenvalue weighted by atomic mass is 16.7. The second-order valence-corrected chi connectivity index (χ2v) is 17.9. The Kier molecular flexibility index (Phi) is 26.8. The number of methoxy groups -OCH3 is 2. The van der Waals surface area contributed by atoms with Crippen molar-refractivity contribution in [1.82, 2.24) is 9.64 Å². The van der Waals surface area contributed by atoms with Crippen LogP contribution in [0.25, 0.3) is 33.4 Å². The Morgan fingerprint density at radius 3 is 1.67 bits per heavy atom. The Hall–Kier alpha value is -5.71. The van der Waals surface area contributed by atoms with E-state index in [-0.39, 0.29) is 38.3 Å². The zero-order chi connectivity index (χ0) is 53.8. The number of hydrogen-bond acceptors (Lipinski definition) is 18. The topological polar surface area (TPSA) is 196 Å². The molecule has 0 unspecified atom stereocenters. The molecule has 5 rings (SSSR count). The molecule has 2 amide bonds. The van der Waals surface area contributed by atoms with Gasteiger partial charge in [0.1, 0.15) is 42.7 Å². The molecule has 1 saturated heterocycles. The van der Waals surface area contributed by atoms with Crippen molar-refractivity contribution in [3.63, 3.8) is 0 Å². The van der Waals surface area contributed by atoms with Gasteiger partial charge in [0, 0.05) is 105 Å². The molecular weight excluding hydrogens is 973 g/mol. The van der Waals surface area contributed by atoms with Crippen LogP contribution < -0.4 is 29.2 Å². The molecule has 0 saturated carbocycles. The number of Topliss-reactive ketones (excluding diaryl/α,β-unsaturated/α-hetero) is 1. The van der Waals surface area contributed by atoms with Crippen LogP contribution in [-0.2, 0) is 61.9 Å². The number of imide groups is 1. The third kappa shape index (κ3) is 19.7. The van der Waals surface area contributed by atoms with Crippen molar-refractivity contribution in [1.29, 1.82) is 0 Å². The summed E-state index contributed by atoms with van der Waals surface area (Å²) in [4.78, 5) is 56.6. The van der Waals surface area contributed by atoms with Crippen LogP contribution in [0.3, 0.4) is 0 Å². The fraction of sp³-hybridized carbons (Fsp3) is 0.582. The van der Waals surface area contributed by atoms with Crippen LogP contribution >= 0.6 is 0 Å². The number of ketones is 1. The first kappa shape index (κ1) is 60.2. The van der Waals surface area contributed by atoms with E-state index in [9.17, 15) is 19.2 Å². The summed E-state index contributed by atoms with van der Waals surface area (Å²) in [5, 5.41) is 2.52. The van der Waals surface area contributed by atoms with Crippen molar-refractivity contribution in [2.75, 3.05) is 171 Å². The minimum atomic E-state index is -0.705. The van der Waals surface area contributed by atoms with Gasteiger partial charge >= 0.3 is 5.97 Å². The van der Waals surface area contributed by atoms with Gasteiger partial charge in [-0.3, -0.25) is 14.4 Å². The first-order valence-electron chi connectivity index (χ1n) is 25.8. The molecule has 0 atom stereocenters. The Bertz CT molecular complexity index is 2420. The fourth-order valence-electron chi connectivity index (χ4n) is 8.05. The number of hydrogen-bond donors (Lipinski definition) is 0. The molecule has 414 valence electrons. The molecule has 0 bridgehead atoms. The van der Waals surface area contributed by atoms with Crippen molar-refractivity contribution in [3.8, 4) is 33.9 Å². The van der Waals surface area contributed by atoms with E-state index < -0.39 is 17.8 Å². The maximum absolute atomic E-state index is 12.9. The van der Waals surface area contributed by atoms with E-state index in [1.165, 1.54) is 0 Å². The number of nitrogens with zero attached hydrogens (tertiary/aromatic N) is 4. The van der Waals surface area contributed by atoms with Crippen molar-refractivity contribution in [2.45, 2.75) is 51.9 Å². The summed E-state index contributed by atoms with van der Waals surface area (Å²) in [6.07, 6.45) is 2.32. The summed E-state index contributed by atoms with van der Waals surface area (Å²) < 4.78 is 64.9. The third-order valence-corrected chi connectivity index (χ3v) is 12.1. The van der Waals surface area contributed by atoms with E-state index >= 15 is 0 Å². The standard InChI is InChI=1S/C55H79N4O16/c1-8-58(47-40-48(64-6)46(39-51(47)65-7)55-44-15-13-41(56(2)3)37-49(44)74-50-38-42(57(4)5)14-16-45(50)55)20-9-11-43(60)12-10-21-66-23-25-68-27-29-70-31-33-72-35-36-73-34-32-71-30-28-69-26-24-67-22-19-54(63)75-59-52(61)17-18-53(59)62/h13-16,37-40H,8-12,17-36H2,1-7H3/q+1. The second kappa shape index (κ2) is 33.3. The summed E-state index contributed by atoms with van der Waals surface area (Å²) >= 11 is 0. The molecule has 20 nitrogen and oxygen atoms in total. The molecule has 20 heteroatoms. The first-order valence-corrected chi connectivity index (χ1v) is 25.8. The molecule has 2 aromatic rings.